The number of fused-ring (bicyclic) bond motifs is 1. The SMILES string of the molecule is Cc1cc(=O)oc2cc(OCC(=O)O[C@H](C)c3ccccc3Cl)ccc12. The second-order valence-electron chi connectivity index (χ2n) is 5.85. The zero-order chi connectivity index (χ0) is 18.7. The summed E-state index contributed by atoms with van der Waals surface area (Å²) in [5, 5.41) is 1.35. The Morgan fingerprint density at radius 2 is 1.96 bits per heavy atom. The van der Waals surface area contributed by atoms with Crippen molar-refractivity contribution in [3.8, 4) is 5.75 Å². The fraction of sp³-hybridized carbons (Fsp3) is 0.200. The highest BCUT2D eigenvalue weighted by Gasteiger charge is 2.15. The largest absolute Gasteiger partial charge is 0.482 e. The Kier molecular flexibility index (Phi) is 5.28. The fourth-order valence-corrected chi connectivity index (χ4v) is 2.93. The topological polar surface area (TPSA) is 65.7 Å². The summed E-state index contributed by atoms with van der Waals surface area (Å²) in [4.78, 5) is 23.5. The quantitative estimate of drug-likeness (QED) is 0.489. The van der Waals surface area contributed by atoms with E-state index >= 15 is 0 Å². The maximum Gasteiger partial charge on any atom is 0.344 e. The van der Waals surface area contributed by atoms with Gasteiger partial charge < -0.3 is 13.9 Å². The molecule has 0 unspecified atom stereocenters. The lowest BCUT2D eigenvalue weighted by molar-refractivity contribution is -0.151. The first-order valence-electron chi connectivity index (χ1n) is 8.05. The van der Waals surface area contributed by atoms with Crippen LogP contribution >= 0.6 is 11.6 Å². The summed E-state index contributed by atoms with van der Waals surface area (Å²) in [6.45, 7) is 3.30. The molecule has 134 valence electrons. The Hall–Kier alpha value is -2.79. The first-order chi connectivity index (χ1) is 12.4. The van der Waals surface area contributed by atoms with Crippen LogP contribution in [0.5, 0.6) is 5.75 Å². The molecule has 0 aliphatic rings. The van der Waals surface area contributed by atoms with Gasteiger partial charge in [0.25, 0.3) is 0 Å². The number of aryl methyl sites for hydroxylation is 1. The predicted octanol–water partition coefficient (Wildman–Crippen LogP) is 4.44. The van der Waals surface area contributed by atoms with Gasteiger partial charge in [-0.2, -0.15) is 0 Å². The molecule has 0 spiro atoms. The molecule has 3 rings (SSSR count). The molecular formula is C20H17ClO5. The molecule has 0 saturated heterocycles. The maximum absolute atomic E-state index is 12.0. The molecule has 1 atom stereocenters. The number of ether oxygens (including phenoxy) is 2. The lowest BCUT2D eigenvalue weighted by atomic mass is 10.1. The summed E-state index contributed by atoms with van der Waals surface area (Å²) in [5.41, 5.74) is 1.52. The minimum absolute atomic E-state index is 0.268. The Bertz CT molecular complexity index is 1010. The minimum Gasteiger partial charge on any atom is -0.482 e. The Balaban J connectivity index is 1.65. The molecule has 0 fully saturated rings. The van der Waals surface area contributed by atoms with Crippen LogP contribution in [0.25, 0.3) is 11.0 Å². The van der Waals surface area contributed by atoms with Crippen molar-refractivity contribution in [3.63, 3.8) is 0 Å². The molecule has 0 amide bonds. The van der Waals surface area contributed by atoms with Crippen LogP contribution in [-0.2, 0) is 9.53 Å². The van der Waals surface area contributed by atoms with E-state index in [1.165, 1.54) is 6.07 Å². The molecule has 0 aliphatic carbocycles. The Morgan fingerprint density at radius 3 is 2.73 bits per heavy atom. The molecular weight excluding hydrogens is 356 g/mol. The third-order valence-corrected chi connectivity index (χ3v) is 4.28. The summed E-state index contributed by atoms with van der Waals surface area (Å²) in [7, 11) is 0. The standard InChI is InChI=1S/C20H17ClO5/c1-12-9-19(22)26-18-10-14(7-8-15(12)18)24-11-20(23)25-13(2)16-5-3-4-6-17(16)21/h3-10,13H,11H2,1-2H3/t13-/m1/s1. The molecule has 1 aromatic heterocycles. The molecule has 6 heteroatoms. The number of halogens is 1. The molecule has 2 aromatic carbocycles. The zero-order valence-corrected chi connectivity index (χ0v) is 15.1. The monoisotopic (exact) mass is 372 g/mol. The maximum atomic E-state index is 12.0. The van der Waals surface area contributed by atoms with Crippen molar-refractivity contribution in [1.29, 1.82) is 0 Å². The van der Waals surface area contributed by atoms with Crippen molar-refractivity contribution in [1.82, 2.24) is 0 Å². The second-order valence-corrected chi connectivity index (χ2v) is 6.26. The highest BCUT2D eigenvalue weighted by Crippen LogP contribution is 2.25. The highest BCUT2D eigenvalue weighted by molar-refractivity contribution is 6.31. The van der Waals surface area contributed by atoms with E-state index in [-0.39, 0.29) is 6.61 Å². The summed E-state index contributed by atoms with van der Waals surface area (Å²) in [6, 6.07) is 13.7. The summed E-state index contributed by atoms with van der Waals surface area (Å²) >= 11 is 6.10. The summed E-state index contributed by atoms with van der Waals surface area (Å²) in [5.74, 6) is -0.114. The fourth-order valence-electron chi connectivity index (χ4n) is 2.64. The van der Waals surface area contributed by atoms with Crippen LogP contribution in [0.1, 0.15) is 24.2 Å². The lowest BCUT2D eigenvalue weighted by Crippen LogP contribution is -2.17. The van der Waals surface area contributed by atoms with E-state index in [0.29, 0.717) is 16.4 Å². The van der Waals surface area contributed by atoms with Crippen LogP contribution in [0, 0.1) is 6.92 Å². The van der Waals surface area contributed by atoms with E-state index in [9.17, 15) is 9.59 Å². The van der Waals surface area contributed by atoms with Gasteiger partial charge in [0.05, 0.1) is 0 Å². The zero-order valence-electron chi connectivity index (χ0n) is 14.3. The normalized spacial score (nSPS) is 12.0. The van der Waals surface area contributed by atoms with Gasteiger partial charge >= 0.3 is 11.6 Å². The van der Waals surface area contributed by atoms with Crippen LogP contribution in [0.15, 0.2) is 57.7 Å². The van der Waals surface area contributed by atoms with E-state index in [0.717, 1.165) is 16.5 Å². The van der Waals surface area contributed by atoms with Gasteiger partial charge in [0, 0.05) is 28.1 Å². The van der Waals surface area contributed by atoms with Gasteiger partial charge in [-0.15, -0.1) is 0 Å². The Labute approximate surface area is 155 Å². The number of benzene rings is 2. The van der Waals surface area contributed by atoms with Crippen molar-refractivity contribution in [3.05, 3.63) is 75.1 Å². The lowest BCUT2D eigenvalue weighted by Gasteiger charge is -2.15. The summed E-state index contributed by atoms with van der Waals surface area (Å²) in [6.07, 6.45) is -0.489. The van der Waals surface area contributed by atoms with Crippen molar-refractivity contribution in [2.45, 2.75) is 20.0 Å². The van der Waals surface area contributed by atoms with Crippen LogP contribution < -0.4 is 10.4 Å². The molecule has 3 aromatic rings. The van der Waals surface area contributed by atoms with Crippen molar-refractivity contribution < 1.29 is 18.7 Å². The van der Waals surface area contributed by atoms with Crippen molar-refractivity contribution in [2.24, 2.45) is 0 Å². The van der Waals surface area contributed by atoms with Crippen molar-refractivity contribution >= 4 is 28.5 Å². The average Bonchev–Trinajstić information content (AvgIpc) is 2.59. The second kappa shape index (κ2) is 7.62. The molecule has 1 heterocycles. The Morgan fingerprint density at radius 1 is 1.19 bits per heavy atom. The number of carbonyl (C=O) groups excluding carboxylic acids is 1. The number of esters is 1. The molecule has 0 bridgehead atoms. The van der Waals surface area contributed by atoms with Crippen LogP contribution in [0.2, 0.25) is 5.02 Å². The van der Waals surface area contributed by atoms with E-state index in [2.05, 4.69) is 0 Å². The van der Waals surface area contributed by atoms with Crippen LogP contribution in [-0.4, -0.2) is 12.6 Å². The van der Waals surface area contributed by atoms with E-state index in [1.54, 1.807) is 37.3 Å². The average molecular weight is 373 g/mol. The van der Waals surface area contributed by atoms with Gasteiger partial charge in [0.2, 0.25) is 0 Å². The summed E-state index contributed by atoms with van der Waals surface area (Å²) < 4.78 is 16.0. The molecule has 0 aliphatic heterocycles. The molecule has 0 N–H and O–H groups in total. The van der Waals surface area contributed by atoms with Gasteiger partial charge in [0.1, 0.15) is 17.4 Å². The molecule has 5 nitrogen and oxygen atoms in total. The predicted molar refractivity (Wildman–Crippen MR) is 98.7 cm³/mol. The number of carbonyl (C=O) groups is 1. The minimum atomic E-state index is -0.525. The first kappa shape index (κ1) is 18.0. The van der Waals surface area contributed by atoms with Gasteiger partial charge in [0.15, 0.2) is 6.61 Å². The van der Waals surface area contributed by atoms with Gasteiger partial charge in [-0.25, -0.2) is 9.59 Å². The van der Waals surface area contributed by atoms with E-state index in [4.69, 9.17) is 25.5 Å². The van der Waals surface area contributed by atoms with Crippen LogP contribution in [0.4, 0.5) is 0 Å². The van der Waals surface area contributed by atoms with Gasteiger partial charge in [-0.1, -0.05) is 29.8 Å². The van der Waals surface area contributed by atoms with E-state index in [1.807, 2.05) is 19.1 Å². The third kappa shape index (κ3) is 4.06. The molecule has 0 radical (unpaired) electrons. The smallest absolute Gasteiger partial charge is 0.344 e. The van der Waals surface area contributed by atoms with E-state index < -0.39 is 17.7 Å². The number of rotatable bonds is 5. The number of hydrogen-bond donors (Lipinski definition) is 0. The number of hydrogen-bond acceptors (Lipinski definition) is 5. The van der Waals surface area contributed by atoms with Gasteiger partial charge in [-0.05, 0) is 37.6 Å². The van der Waals surface area contributed by atoms with Gasteiger partial charge in [-0.3, -0.25) is 0 Å². The highest BCUT2D eigenvalue weighted by atomic mass is 35.5. The molecule has 26 heavy (non-hydrogen) atoms. The van der Waals surface area contributed by atoms with Crippen molar-refractivity contribution in [2.75, 3.05) is 6.61 Å². The van der Waals surface area contributed by atoms with Crippen LogP contribution in [0.3, 0.4) is 0 Å². The first-order valence-corrected chi connectivity index (χ1v) is 8.43. The third-order valence-electron chi connectivity index (χ3n) is 3.93. The molecule has 0 saturated carbocycles.